The molecule has 0 saturated heterocycles. The van der Waals surface area contributed by atoms with Gasteiger partial charge in [-0.3, -0.25) is 4.79 Å². The van der Waals surface area contributed by atoms with Crippen molar-refractivity contribution in [3.05, 3.63) is 41.9 Å². The van der Waals surface area contributed by atoms with E-state index < -0.39 is 5.54 Å². The van der Waals surface area contributed by atoms with Gasteiger partial charge in [0.25, 0.3) is 0 Å². The summed E-state index contributed by atoms with van der Waals surface area (Å²) in [4.78, 5) is 13.8. The number of nitrogens with two attached hydrogens (primary N) is 1. The van der Waals surface area contributed by atoms with Crippen LogP contribution in [0.4, 0.5) is 4.39 Å². The fourth-order valence-corrected chi connectivity index (χ4v) is 2.87. The highest BCUT2D eigenvalue weighted by Gasteiger charge is 2.47. The van der Waals surface area contributed by atoms with Gasteiger partial charge in [0, 0.05) is 31.6 Å². The molecule has 6 heteroatoms. The van der Waals surface area contributed by atoms with E-state index in [1.54, 1.807) is 11.0 Å². The number of unbranched alkanes of at least 4 members (excludes halogenated alkanes) is 2. The maximum absolute atomic E-state index is 13.3. The fraction of sp³-hybridized carbons (Fsp3) is 0.474. The second kappa shape index (κ2) is 7.35. The molecule has 0 radical (unpaired) electrons. The van der Waals surface area contributed by atoms with Crippen LogP contribution < -0.4 is 5.73 Å². The van der Waals surface area contributed by atoms with Gasteiger partial charge in [0.15, 0.2) is 0 Å². The van der Waals surface area contributed by atoms with E-state index in [0.29, 0.717) is 11.3 Å². The summed E-state index contributed by atoms with van der Waals surface area (Å²) in [5, 5.41) is 4.00. The number of aromatic nitrogens is 1. The normalized spacial score (nSPS) is 15.2. The first kappa shape index (κ1) is 17.6. The minimum Gasteiger partial charge on any atom is -0.361 e. The number of likely N-dealkylation sites (N-methyl/N-ethyl adjacent to an activating group) is 1. The number of hydrogen-bond acceptors (Lipinski definition) is 4. The van der Waals surface area contributed by atoms with Gasteiger partial charge in [0.05, 0.1) is 5.54 Å². The second-order valence-electron chi connectivity index (χ2n) is 6.88. The molecule has 134 valence electrons. The third-order valence-corrected chi connectivity index (χ3v) is 4.66. The second-order valence-corrected chi connectivity index (χ2v) is 6.88. The minimum absolute atomic E-state index is 0.0578. The zero-order valence-electron chi connectivity index (χ0n) is 14.5. The highest BCUT2D eigenvalue weighted by atomic mass is 19.1. The maximum atomic E-state index is 13.3. The number of carbonyl (C=O) groups is 1. The quantitative estimate of drug-likeness (QED) is 0.746. The number of amides is 1. The van der Waals surface area contributed by atoms with Crippen LogP contribution in [0.25, 0.3) is 11.3 Å². The topological polar surface area (TPSA) is 72.4 Å². The van der Waals surface area contributed by atoms with Crippen molar-refractivity contribution in [3.8, 4) is 11.3 Å². The Bertz CT molecular complexity index is 740. The standard InChI is InChI=1S/C19H24FN3O2/c1-23(18(24)19(21)9-10-19)11-4-2-3-8-16-13-17(22-25-16)14-6-5-7-15(20)12-14/h5-7,12-13H,2-4,8-11,21H2,1H3. The summed E-state index contributed by atoms with van der Waals surface area (Å²) in [6, 6.07) is 8.17. The zero-order chi connectivity index (χ0) is 17.9. The Balaban J connectivity index is 1.39. The molecule has 1 fully saturated rings. The number of carbonyl (C=O) groups excluding carboxylic acids is 1. The number of aryl methyl sites for hydroxylation is 1. The van der Waals surface area contributed by atoms with Gasteiger partial charge in [0.2, 0.25) is 5.91 Å². The summed E-state index contributed by atoms with van der Waals surface area (Å²) in [6.07, 6.45) is 5.26. The van der Waals surface area contributed by atoms with E-state index in [0.717, 1.165) is 50.8 Å². The average molecular weight is 345 g/mol. The molecule has 0 unspecified atom stereocenters. The molecular formula is C19H24FN3O2. The van der Waals surface area contributed by atoms with E-state index in [1.165, 1.54) is 12.1 Å². The van der Waals surface area contributed by atoms with Gasteiger partial charge in [-0.1, -0.05) is 23.7 Å². The summed E-state index contributed by atoms with van der Waals surface area (Å²) in [7, 11) is 1.82. The maximum Gasteiger partial charge on any atom is 0.242 e. The number of benzene rings is 1. The summed E-state index contributed by atoms with van der Waals surface area (Å²) in [5.74, 6) is 0.566. The van der Waals surface area contributed by atoms with Gasteiger partial charge in [-0.2, -0.15) is 0 Å². The third-order valence-electron chi connectivity index (χ3n) is 4.66. The molecule has 25 heavy (non-hydrogen) atoms. The number of hydrogen-bond donors (Lipinski definition) is 1. The van der Waals surface area contributed by atoms with E-state index in [2.05, 4.69) is 5.16 Å². The lowest BCUT2D eigenvalue weighted by molar-refractivity contribution is -0.132. The highest BCUT2D eigenvalue weighted by molar-refractivity contribution is 5.88. The van der Waals surface area contributed by atoms with Crippen molar-refractivity contribution in [2.45, 2.75) is 44.1 Å². The van der Waals surface area contributed by atoms with Gasteiger partial charge < -0.3 is 15.2 Å². The summed E-state index contributed by atoms with van der Waals surface area (Å²) < 4.78 is 18.6. The smallest absolute Gasteiger partial charge is 0.242 e. The molecule has 0 bridgehead atoms. The van der Waals surface area contributed by atoms with Crippen molar-refractivity contribution in [1.82, 2.24) is 10.1 Å². The fourth-order valence-electron chi connectivity index (χ4n) is 2.87. The lowest BCUT2D eigenvalue weighted by atomic mass is 10.1. The third kappa shape index (κ3) is 4.45. The Kier molecular flexibility index (Phi) is 5.18. The van der Waals surface area contributed by atoms with Crippen molar-refractivity contribution < 1.29 is 13.7 Å². The van der Waals surface area contributed by atoms with E-state index in [1.807, 2.05) is 19.2 Å². The van der Waals surface area contributed by atoms with Crippen LogP contribution in [-0.4, -0.2) is 35.1 Å². The lowest BCUT2D eigenvalue weighted by Crippen LogP contribution is -2.44. The molecule has 2 N–H and O–H groups in total. The number of nitrogens with zero attached hydrogens (tertiary/aromatic N) is 2. The largest absolute Gasteiger partial charge is 0.361 e. The van der Waals surface area contributed by atoms with Crippen LogP contribution in [0.2, 0.25) is 0 Å². The van der Waals surface area contributed by atoms with Crippen LogP contribution in [-0.2, 0) is 11.2 Å². The van der Waals surface area contributed by atoms with Gasteiger partial charge in [0.1, 0.15) is 17.3 Å². The zero-order valence-corrected chi connectivity index (χ0v) is 14.5. The Morgan fingerprint density at radius 1 is 1.32 bits per heavy atom. The average Bonchev–Trinajstić information content (AvgIpc) is 3.17. The van der Waals surface area contributed by atoms with Crippen LogP contribution in [0, 0.1) is 5.82 Å². The molecule has 1 aliphatic carbocycles. The van der Waals surface area contributed by atoms with Crippen molar-refractivity contribution in [2.24, 2.45) is 5.73 Å². The molecule has 3 rings (SSSR count). The van der Waals surface area contributed by atoms with Crippen LogP contribution >= 0.6 is 0 Å². The van der Waals surface area contributed by atoms with Crippen LogP contribution in [0.3, 0.4) is 0 Å². The van der Waals surface area contributed by atoms with Gasteiger partial charge in [-0.15, -0.1) is 0 Å². The Hall–Kier alpha value is -2.21. The van der Waals surface area contributed by atoms with Crippen LogP contribution in [0.5, 0.6) is 0 Å². The van der Waals surface area contributed by atoms with Crippen molar-refractivity contribution >= 4 is 5.91 Å². The van der Waals surface area contributed by atoms with Gasteiger partial charge in [-0.25, -0.2) is 4.39 Å². The van der Waals surface area contributed by atoms with E-state index >= 15 is 0 Å². The van der Waals surface area contributed by atoms with Gasteiger partial charge in [-0.05, 0) is 37.8 Å². The first-order valence-electron chi connectivity index (χ1n) is 8.74. The SMILES string of the molecule is CN(CCCCCc1cc(-c2cccc(F)c2)no1)C(=O)C1(N)CC1. The molecule has 2 aromatic rings. The van der Waals surface area contributed by atoms with E-state index in [-0.39, 0.29) is 11.7 Å². The van der Waals surface area contributed by atoms with Crippen LogP contribution in [0.1, 0.15) is 37.9 Å². The monoisotopic (exact) mass is 345 g/mol. The van der Waals surface area contributed by atoms with Crippen molar-refractivity contribution in [3.63, 3.8) is 0 Å². The van der Waals surface area contributed by atoms with Gasteiger partial charge >= 0.3 is 0 Å². The molecular weight excluding hydrogens is 321 g/mol. The van der Waals surface area contributed by atoms with Crippen molar-refractivity contribution in [1.29, 1.82) is 0 Å². The lowest BCUT2D eigenvalue weighted by Gasteiger charge is -2.20. The van der Waals surface area contributed by atoms with E-state index in [9.17, 15) is 9.18 Å². The molecule has 1 aromatic heterocycles. The molecule has 1 amide bonds. The molecule has 1 aromatic carbocycles. The van der Waals surface area contributed by atoms with Crippen molar-refractivity contribution in [2.75, 3.05) is 13.6 Å². The number of rotatable bonds is 8. The number of halogens is 1. The Labute approximate surface area is 147 Å². The predicted octanol–water partition coefficient (Wildman–Crippen LogP) is 3.14. The predicted molar refractivity (Wildman–Crippen MR) is 93.2 cm³/mol. The minimum atomic E-state index is -0.581. The molecule has 5 nitrogen and oxygen atoms in total. The Morgan fingerprint density at radius 2 is 2.12 bits per heavy atom. The highest BCUT2D eigenvalue weighted by Crippen LogP contribution is 2.33. The summed E-state index contributed by atoms with van der Waals surface area (Å²) in [6.45, 7) is 0.725. The van der Waals surface area contributed by atoms with E-state index in [4.69, 9.17) is 10.3 Å². The molecule has 0 atom stereocenters. The summed E-state index contributed by atoms with van der Waals surface area (Å²) in [5.41, 5.74) is 6.71. The molecule has 1 heterocycles. The first-order valence-corrected chi connectivity index (χ1v) is 8.74. The molecule has 1 saturated carbocycles. The molecule has 1 aliphatic rings. The molecule has 0 aliphatic heterocycles. The molecule has 0 spiro atoms. The van der Waals surface area contributed by atoms with Crippen LogP contribution in [0.15, 0.2) is 34.9 Å². The first-order chi connectivity index (χ1) is 12.0. The Morgan fingerprint density at radius 3 is 2.84 bits per heavy atom. The summed E-state index contributed by atoms with van der Waals surface area (Å²) >= 11 is 0.